The number of allylic oxidation sites excluding steroid dienone is 2. The zero-order chi connectivity index (χ0) is 31.2. The quantitative estimate of drug-likeness (QED) is 0.167. The molecule has 1 aliphatic carbocycles. The van der Waals surface area contributed by atoms with Gasteiger partial charge in [-0.2, -0.15) is 0 Å². The molecule has 0 bridgehead atoms. The van der Waals surface area contributed by atoms with Gasteiger partial charge in [0.05, 0.1) is 22.4 Å². The number of hydrogen-bond acceptors (Lipinski definition) is 4. The molecule has 5 nitrogen and oxygen atoms in total. The van der Waals surface area contributed by atoms with Gasteiger partial charge in [0.2, 0.25) is 5.71 Å². The van der Waals surface area contributed by atoms with Crippen molar-refractivity contribution in [1.82, 2.24) is 19.5 Å². The molecule has 1 radical (unpaired) electrons. The smallest absolute Gasteiger partial charge is 0.216 e. The molecular weight excluding hydrogens is 757 g/mol. The van der Waals surface area contributed by atoms with Gasteiger partial charge in [-0.15, -0.1) is 54.1 Å². The van der Waals surface area contributed by atoms with Crippen LogP contribution in [0.2, 0.25) is 0 Å². The second kappa shape index (κ2) is 13.0. The summed E-state index contributed by atoms with van der Waals surface area (Å²) in [6, 6.07) is 33.6. The van der Waals surface area contributed by atoms with Gasteiger partial charge in [-0.25, -0.2) is 4.98 Å². The third-order valence-electron chi connectivity index (χ3n) is 9.45. The van der Waals surface area contributed by atoms with Gasteiger partial charge in [-0.3, -0.25) is 4.98 Å². The second-order valence-electron chi connectivity index (χ2n) is 12.8. The minimum atomic E-state index is 0. The summed E-state index contributed by atoms with van der Waals surface area (Å²) in [4.78, 5) is 14.0. The predicted octanol–water partition coefficient (Wildman–Crippen LogP) is 10.4. The Morgan fingerprint density at radius 3 is 2.57 bits per heavy atom. The maximum Gasteiger partial charge on any atom is 0.216 e. The van der Waals surface area contributed by atoms with Crippen LogP contribution in [0.1, 0.15) is 62.3 Å². The van der Waals surface area contributed by atoms with Crippen molar-refractivity contribution >= 4 is 38.7 Å². The number of hydrogen-bond donors (Lipinski definition) is 0. The normalized spacial score (nSPS) is 14.3. The SMILES string of the molecule is CC(C)C1=CCn2c(-c3[c-]cccc3)nc3cccc1c32.Cc1ccc2c(n1)oc1c(-c3cc(C4CCCC4)ccn3)[c-]ccc12.[Ir]. The molecule has 7 aromatic rings. The Morgan fingerprint density at radius 1 is 0.894 bits per heavy atom. The molecule has 237 valence electrons. The number of rotatable bonds is 4. The van der Waals surface area contributed by atoms with E-state index < -0.39 is 0 Å². The van der Waals surface area contributed by atoms with Crippen LogP contribution in [0.15, 0.2) is 95.6 Å². The molecule has 47 heavy (non-hydrogen) atoms. The molecule has 0 amide bonds. The number of aryl methyl sites for hydroxylation is 1. The van der Waals surface area contributed by atoms with Gasteiger partial charge in [0.15, 0.2) is 0 Å². The van der Waals surface area contributed by atoms with Gasteiger partial charge in [-0.1, -0.05) is 67.5 Å². The van der Waals surface area contributed by atoms with Crippen LogP contribution in [-0.4, -0.2) is 19.5 Å². The van der Waals surface area contributed by atoms with Gasteiger partial charge in [-0.05, 0) is 67.1 Å². The summed E-state index contributed by atoms with van der Waals surface area (Å²) >= 11 is 0. The molecule has 1 aliphatic heterocycles. The van der Waals surface area contributed by atoms with E-state index in [-0.39, 0.29) is 20.1 Å². The van der Waals surface area contributed by atoms with Crippen LogP contribution in [-0.2, 0) is 26.7 Å². The first-order chi connectivity index (χ1) is 22.5. The van der Waals surface area contributed by atoms with Crippen LogP contribution in [0.3, 0.4) is 0 Å². The third-order valence-corrected chi connectivity index (χ3v) is 9.45. The number of para-hydroxylation sites is 1. The van der Waals surface area contributed by atoms with E-state index in [0.29, 0.717) is 17.5 Å². The first-order valence-electron chi connectivity index (χ1n) is 16.4. The summed E-state index contributed by atoms with van der Waals surface area (Å²) < 4.78 is 8.41. The number of imidazole rings is 1. The number of benzene rings is 3. The van der Waals surface area contributed by atoms with Gasteiger partial charge >= 0.3 is 0 Å². The van der Waals surface area contributed by atoms with Crippen LogP contribution >= 0.6 is 0 Å². The Kier molecular flexibility index (Phi) is 8.65. The Labute approximate surface area is 289 Å². The van der Waals surface area contributed by atoms with E-state index in [2.05, 4.69) is 89.1 Å². The first kappa shape index (κ1) is 31.2. The molecule has 0 N–H and O–H groups in total. The van der Waals surface area contributed by atoms with Gasteiger partial charge in [0.1, 0.15) is 0 Å². The summed E-state index contributed by atoms with van der Waals surface area (Å²) in [6.07, 6.45) is 9.48. The van der Waals surface area contributed by atoms with Crippen LogP contribution < -0.4 is 0 Å². The fraction of sp³-hybridized carbons (Fsp3) is 0.244. The van der Waals surface area contributed by atoms with Crippen molar-refractivity contribution in [2.45, 2.75) is 58.9 Å². The van der Waals surface area contributed by atoms with E-state index in [1.54, 1.807) is 0 Å². The Morgan fingerprint density at radius 2 is 1.77 bits per heavy atom. The number of aromatic nitrogens is 4. The molecule has 0 saturated heterocycles. The Bertz CT molecular complexity index is 2240. The average molecular weight is 793 g/mol. The fourth-order valence-electron chi connectivity index (χ4n) is 7.18. The average Bonchev–Trinajstić information content (AvgIpc) is 3.84. The molecule has 9 rings (SSSR count). The molecule has 4 aromatic heterocycles. The van der Waals surface area contributed by atoms with E-state index in [4.69, 9.17) is 9.40 Å². The summed E-state index contributed by atoms with van der Waals surface area (Å²) in [6.45, 7) is 7.37. The fourth-order valence-corrected chi connectivity index (χ4v) is 7.18. The van der Waals surface area contributed by atoms with E-state index in [0.717, 1.165) is 56.8 Å². The van der Waals surface area contributed by atoms with E-state index >= 15 is 0 Å². The maximum atomic E-state index is 6.10. The standard InChI is InChI=1S/C22H19N2O.C19H17N2.Ir/c1-14-9-10-18-17-7-4-8-19(21(17)25-22(18)24-14)20-13-16(11-12-23-20)15-5-2-3-6-15;1-13(2)15-11-12-21-18-16(15)9-6-10-17(18)20-19(21)14-7-4-3-5-8-14;/h4,7,9-13,15H,2-3,5-6H2,1H3;3-7,9-11,13H,12H2,1-2H3;/q2*-1;. The first-order valence-corrected chi connectivity index (χ1v) is 16.4. The topological polar surface area (TPSA) is 56.7 Å². The van der Waals surface area contributed by atoms with Crippen molar-refractivity contribution in [3.05, 3.63) is 120 Å². The second-order valence-corrected chi connectivity index (χ2v) is 12.8. The molecule has 2 aliphatic rings. The molecule has 5 heterocycles. The molecule has 0 atom stereocenters. The van der Waals surface area contributed by atoms with Crippen molar-refractivity contribution < 1.29 is 24.5 Å². The van der Waals surface area contributed by atoms with Gasteiger partial charge < -0.3 is 14.0 Å². The zero-order valence-corrected chi connectivity index (χ0v) is 29.3. The molecule has 0 unspecified atom stereocenters. The van der Waals surface area contributed by atoms with Crippen LogP contribution in [0.4, 0.5) is 0 Å². The zero-order valence-electron chi connectivity index (χ0n) is 26.9. The molecule has 0 spiro atoms. The third kappa shape index (κ3) is 5.75. The monoisotopic (exact) mass is 793 g/mol. The Hall–Kier alpha value is -4.38. The van der Waals surface area contributed by atoms with E-state index in [1.165, 1.54) is 47.9 Å². The number of nitrogens with zero attached hydrogens (tertiary/aromatic N) is 4. The van der Waals surface area contributed by atoms with Crippen LogP contribution in [0.5, 0.6) is 0 Å². The number of furan rings is 1. The van der Waals surface area contributed by atoms with Crippen molar-refractivity contribution in [1.29, 1.82) is 0 Å². The molecule has 3 aromatic carbocycles. The summed E-state index contributed by atoms with van der Waals surface area (Å²) in [7, 11) is 0. The van der Waals surface area contributed by atoms with Gasteiger partial charge in [0, 0.05) is 49.5 Å². The van der Waals surface area contributed by atoms with Gasteiger partial charge in [0.25, 0.3) is 0 Å². The summed E-state index contributed by atoms with van der Waals surface area (Å²) in [5.41, 5.74) is 11.9. The summed E-state index contributed by atoms with van der Waals surface area (Å²) in [5, 5.41) is 2.12. The molecular formula is C41H36IrN4O-2. The number of fused-ring (bicyclic) bond motifs is 3. The molecule has 1 saturated carbocycles. The van der Waals surface area contributed by atoms with Crippen molar-refractivity contribution in [2.75, 3.05) is 0 Å². The van der Waals surface area contributed by atoms with Crippen molar-refractivity contribution in [2.24, 2.45) is 5.92 Å². The minimum Gasteiger partial charge on any atom is -0.486 e. The van der Waals surface area contributed by atoms with E-state index in [9.17, 15) is 0 Å². The molecule has 1 fully saturated rings. The largest absolute Gasteiger partial charge is 0.486 e. The number of pyridine rings is 2. The molecule has 6 heteroatoms. The predicted molar refractivity (Wildman–Crippen MR) is 186 cm³/mol. The maximum absolute atomic E-state index is 6.10. The Balaban J connectivity index is 0.000000148. The van der Waals surface area contributed by atoms with E-state index in [1.807, 2.05) is 49.5 Å². The van der Waals surface area contributed by atoms with Crippen molar-refractivity contribution in [3.8, 4) is 22.6 Å². The van der Waals surface area contributed by atoms with Crippen LogP contribution in [0, 0.1) is 25.0 Å². The van der Waals surface area contributed by atoms with Crippen LogP contribution in [0.25, 0.3) is 61.3 Å². The minimum absolute atomic E-state index is 0. The van der Waals surface area contributed by atoms with Crippen molar-refractivity contribution in [3.63, 3.8) is 0 Å². The summed E-state index contributed by atoms with van der Waals surface area (Å²) in [5.74, 6) is 2.21.